The monoisotopic (exact) mass is 369 g/mol. The Kier molecular flexibility index (Phi) is 5.26. The quantitative estimate of drug-likeness (QED) is 0.324. The molecule has 1 atom stereocenters. The van der Waals surface area contributed by atoms with Gasteiger partial charge < -0.3 is 9.29 Å². The molecule has 0 radical (unpaired) electrons. The van der Waals surface area contributed by atoms with Crippen LogP contribution in [0, 0.1) is 0 Å². The highest BCUT2D eigenvalue weighted by atomic mass is 32.2. The van der Waals surface area contributed by atoms with Gasteiger partial charge in [0, 0.05) is 7.05 Å². The van der Waals surface area contributed by atoms with Crippen LogP contribution >= 0.6 is 0 Å². The third kappa shape index (κ3) is 4.41. The van der Waals surface area contributed by atoms with Crippen LogP contribution in [0.5, 0.6) is 0 Å². The minimum absolute atomic E-state index is 0.0539. The molecule has 2 amide bonds. The predicted octanol–water partition coefficient (Wildman–Crippen LogP) is 0.786. The van der Waals surface area contributed by atoms with Crippen LogP contribution in [0.15, 0.2) is 18.2 Å². The van der Waals surface area contributed by atoms with Crippen LogP contribution in [0.4, 0.5) is 5.69 Å². The topological polar surface area (TPSA) is 116 Å². The number of hydroxylamine groups is 1. The van der Waals surface area contributed by atoms with E-state index in [1.54, 1.807) is 20.8 Å². The number of esters is 1. The van der Waals surface area contributed by atoms with Gasteiger partial charge in [-0.05, 0) is 39.0 Å². The van der Waals surface area contributed by atoms with Gasteiger partial charge in [0.05, 0.1) is 16.8 Å². The average Bonchev–Trinajstić information content (AvgIpc) is 2.69. The molecule has 1 aromatic rings. The van der Waals surface area contributed by atoms with E-state index in [4.69, 9.17) is 4.74 Å². The van der Waals surface area contributed by atoms with E-state index in [0.717, 1.165) is 9.96 Å². The van der Waals surface area contributed by atoms with Crippen LogP contribution < -0.4 is 5.06 Å². The Morgan fingerprint density at radius 1 is 1.24 bits per heavy atom. The van der Waals surface area contributed by atoms with Gasteiger partial charge in [-0.25, -0.2) is 9.27 Å². The Labute approximate surface area is 146 Å². The molecule has 0 aromatic heterocycles. The number of carbonyl (C=O) groups excluding carboxylic acids is 3. The first kappa shape index (κ1) is 19.0. The molecule has 2 rings (SSSR count). The number of hydrogen-bond acceptors (Lipinski definition) is 8. The summed E-state index contributed by atoms with van der Waals surface area (Å²) >= 11 is -2.78. The van der Waals surface area contributed by atoms with Crippen LogP contribution in [0.3, 0.4) is 0 Å². The molecule has 9 nitrogen and oxygen atoms in total. The van der Waals surface area contributed by atoms with Gasteiger partial charge in [-0.2, -0.15) is 4.28 Å². The molecular formula is C15H17N2O7S-. The second-order valence-corrected chi connectivity index (χ2v) is 6.85. The highest BCUT2D eigenvalue weighted by Gasteiger charge is 2.38. The first-order valence-corrected chi connectivity index (χ1v) is 8.23. The maximum atomic E-state index is 12.4. The zero-order valence-corrected chi connectivity index (χ0v) is 14.9. The molecule has 1 heterocycles. The first-order valence-electron chi connectivity index (χ1n) is 7.23. The third-order valence-electron chi connectivity index (χ3n) is 3.20. The molecule has 0 N–H and O–H groups in total. The van der Waals surface area contributed by atoms with E-state index in [9.17, 15) is 23.1 Å². The maximum absolute atomic E-state index is 12.4. The largest absolute Gasteiger partial charge is 0.748 e. The van der Waals surface area contributed by atoms with Crippen molar-refractivity contribution in [3.63, 3.8) is 0 Å². The standard InChI is InChI=1S/C15H18N2O7S/c1-15(2,3)23-12(18)8-17-13(19)10-6-5-9(7-11(10)14(17)20)16(4)24-25(21)22/h5-7H,8H2,1-4H3,(H,21,22)/p-1. The summed E-state index contributed by atoms with van der Waals surface area (Å²) < 4.78 is 30.7. The Morgan fingerprint density at radius 3 is 2.40 bits per heavy atom. The summed E-state index contributed by atoms with van der Waals surface area (Å²) in [5.41, 5.74) is -0.313. The lowest BCUT2D eigenvalue weighted by atomic mass is 10.1. The number of anilines is 1. The lowest BCUT2D eigenvalue weighted by Crippen LogP contribution is -2.38. The summed E-state index contributed by atoms with van der Waals surface area (Å²) in [6.45, 7) is 4.52. The van der Waals surface area contributed by atoms with E-state index in [-0.39, 0.29) is 16.8 Å². The summed E-state index contributed by atoms with van der Waals surface area (Å²) in [5, 5.41) is 0.928. The minimum atomic E-state index is -2.78. The van der Waals surface area contributed by atoms with E-state index in [1.165, 1.54) is 25.2 Å². The molecule has 0 aliphatic carbocycles. The number of rotatable bonds is 5. The number of imide groups is 1. The van der Waals surface area contributed by atoms with Crippen LogP contribution in [-0.2, 0) is 25.2 Å². The summed E-state index contributed by atoms with van der Waals surface area (Å²) in [4.78, 5) is 37.4. The van der Waals surface area contributed by atoms with Crippen molar-refractivity contribution in [3.05, 3.63) is 29.3 Å². The molecule has 1 aromatic carbocycles. The van der Waals surface area contributed by atoms with Crippen LogP contribution in [0.1, 0.15) is 41.5 Å². The van der Waals surface area contributed by atoms with Crippen molar-refractivity contribution in [3.8, 4) is 0 Å². The first-order chi connectivity index (χ1) is 11.5. The molecule has 136 valence electrons. The second kappa shape index (κ2) is 6.90. The highest BCUT2D eigenvalue weighted by Crippen LogP contribution is 2.27. The van der Waals surface area contributed by atoms with Gasteiger partial charge in [0.1, 0.15) is 23.5 Å². The molecule has 0 fully saturated rings. The van der Waals surface area contributed by atoms with Crippen LogP contribution in [0.25, 0.3) is 0 Å². The van der Waals surface area contributed by atoms with Crippen molar-refractivity contribution in [2.24, 2.45) is 0 Å². The number of amides is 2. The number of ether oxygens (including phenoxy) is 1. The Balaban J connectivity index is 2.21. The highest BCUT2D eigenvalue weighted by molar-refractivity contribution is 7.74. The normalized spacial score (nSPS) is 15.2. The predicted molar refractivity (Wildman–Crippen MR) is 86.1 cm³/mol. The lowest BCUT2D eigenvalue weighted by molar-refractivity contribution is -0.155. The van der Waals surface area contributed by atoms with E-state index < -0.39 is 41.3 Å². The number of hydrogen-bond donors (Lipinski definition) is 0. The van der Waals surface area contributed by atoms with E-state index >= 15 is 0 Å². The number of carbonyl (C=O) groups is 3. The molecule has 10 heteroatoms. The van der Waals surface area contributed by atoms with Gasteiger partial charge in [-0.1, -0.05) is 0 Å². The van der Waals surface area contributed by atoms with E-state index in [1.807, 2.05) is 0 Å². The third-order valence-corrected chi connectivity index (χ3v) is 3.54. The molecule has 0 bridgehead atoms. The Morgan fingerprint density at radius 2 is 1.84 bits per heavy atom. The van der Waals surface area contributed by atoms with Crippen molar-refractivity contribution in [2.45, 2.75) is 26.4 Å². The molecule has 1 unspecified atom stereocenters. The minimum Gasteiger partial charge on any atom is -0.748 e. The molecule has 0 spiro atoms. The van der Waals surface area contributed by atoms with Crippen molar-refractivity contribution in [2.75, 3.05) is 18.7 Å². The van der Waals surface area contributed by atoms with Gasteiger partial charge >= 0.3 is 5.97 Å². The van der Waals surface area contributed by atoms with Crippen molar-refractivity contribution < 1.29 is 32.2 Å². The fraction of sp³-hybridized carbons (Fsp3) is 0.400. The SMILES string of the molecule is CN(OS(=O)[O-])c1ccc2c(c1)C(=O)N(CC(=O)OC(C)(C)C)C2=O. The van der Waals surface area contributed by atoms with Crippen molar-refractivity contribution in [1.82, 2.24) is 4.90 Å². The van der Waals surface area contributed by atoms with Crippen LogP contribution in [0.2, 0.25) is 0 Å². The second-order valence-electron chi connectivity index (χ2n) is 6.29. The number of benzene rings is 1. The lowest BCUT2D eigenvalue weighted by Gasteiger charge is -2.21. The van der Waals surface area contributed by atoms with Gasteiger partial charge in [-0.3, -0.25) is 19.3 Å². The maximum Gasteiger partial charge on any atom is 0.326 e. The number of fused-ring (bicyclic) bond motifs is 1. The summed E-state index contributed by atoms with van der Waals surface area (Å²) in [7, 11) is 1.33. The smallest absolute Gasteiger partial charge is 0.326 e. The zero-order chi connectivity index (χ0) is 18.9. The van der Waals surface area contributed by atoms with Gasteiger partial charge in [0.25, 0.3) is 11.8 Å². The number of nitrogens with zero attached hydrogens (tertiary/aromatic N) is 2. The van der Waals surface area contributed by atoms with Crippen LogP contribution in [-0.4, -0.2) is 50.6 Å². The van der Waals surface area contributed by atoms with Crippen molar-refractivity contribution in [1.29, 1.82) is 0 Å². The van der Waals surface area contributed by atoms with Gasteiger partial charge in [0.15, 0.2) is 0 Å². The molecule has 0 saturated carbocycles. The van der Waals surface area contributed by atoms with E-state index in [0.29, 0.717) is 0 Å². The molecule has 25 heavy (non-hydrogen) atoms. The van der Waals surface area contributed by atoms with Gasteiger partial charge in [0.2, 0.25) is 0 Å². The van der Waals surface area contributed by atoms with E-state index in [2.05, 4.69) is 4.28 Å². The summed E-state index contributed by atoms with van der Waals surface area (Å²) in [6, 6.07) is 4.11. The van der Waals surface area contributed by atoms with Gasteiger partial charge in [-0.15, -0.1) is 0 Å². The summed E-state index contributed by atoms with van der Waals surface area (Å²) in [6.07, 6.45) is 0. The molecule has 1 aliphatic heterocycles. The molecular weight excluding hydrogens is 352 g/mol. The zero-order valence-electron chi connectivity index (χ0n) is 14.1. The average molecular weight is 369 g/mol. The molecule has 1 aliphatic rings. The fourth-order valence-electron chi connectivity index (χ4n) is 2.26. The van der Waals surface area contributed by atoms with Crippen molar-refractivity contribution >= 4 is 34.8 Å². The Hall–Kier alpha value is -2.30. The fourth-order valence-corrected chi connectivity index (χ4v) is 2.52. The summed E-state index contributed by atoms with van der Waals surface area (Å²) in [5.74, 6) is -1.98. The Bertz CT molecular complexity index is 757. The molecule has 0 saturated heterocycles.